The van der Waals surface area contributed by atoms with Crippen LogP contribution in [0.25, 0.3) is 0 Å². The van der Waals surface area contributed by atoms with Crippen molar-refractivity contribution in [1.29, 1.82) is 0 Å². The largest absolute Gasteiger partial charge is 0.326 e. The van der Waals surface area contributed by atoms with Gasteiger partial charge in [-0.05, 0) is 24.6 Å². The number of hydrogen-bond acceptors (Lipinski definition) is 5. The molecule has 0 radical (unpaired) electrons. The second kappa shape index (κ2) is 7.46. The molecule has 0 bridgehead atoms. The van der Waals surface area contributed by atoms with Gasteiger partial charge in [-0.1, -0.05) is 12.1 Å². The van der Waals surface area contributed by atoms with E-state index in [4.69, 9.17) is 0 Å². The third kappa shape index (κ3) is 5.10. The van der Waals surface area contributed by atoms with Crippen molar-refractivity contribution < 1.29 is 9.59 Å². The zero-order chi connectivity index (χ0) is 15.9. The number of carbonyl (C=O) groups excluding carboxylic acids is 2. The van der Waals surface area contributed by atoms with Crippen molar-refractivity contribution in [3.8, 4) is 0 Å². The third-order valence-corrected chi connectivity index (χ3v) is 3.46. The summed E-state index contributed by atoms with van der Waals surface area (Å²) in [6.45, 7) is 3.35. The van der Waals surface area contributed by atoms with Crippen LogP contribution in [0.2, 0.25) is 0 Å². The molecule has 7 heteroatoms. The number of thiazole rings is 1. The summed E-state index contributed by atoms with van der Waals surface area (Å²) in [4.78, 5) is 26.8. The number of carbonyl (C=O) groups is 2. The van der Waals surface area contributed by atoms with Crippen LogP contribution in [0.5, 0.6) is 0 Å². The van der Waals surface area contributed by atoms with E-state index in [9.17, 15) is 9.59 Å². The number of aromatic nitrogens is 1. The summed E-state index contributed by atoms with van der Waals surface area (Å²) in [5.74, 6) is -0.331. The molecular formula is C15H16N4O2S. The fourth-order valence-corrected chi connectivity index (χ4v) is 2.34. The molecule has 0 aliphatic heterocycles. The van der Waals surface area contributed by atoms with Crippen molar-refractivity contribution in [3.63, 3.8) is 0 Å². The number of amides is 2. The Kier molecular flexibility index (Phi) is 5.37. The van der Waals surface area contributed by atoms with Crippen molar-refractivity contribution in [2.75, 3.05) is 5.32 Å². The Balaban J connectivity index is 1.84. The van der Waals surface area contributed by atoms with E-state index in [0.29, 0.717) is 5.69 Å². The zero-order valence-corrected chi connectivity index (χ0v) is 13.1. The van der Waals surface area contributed by atoms with Gasteiger partial charge >= 0.3 is 0 Å². The first kappa shape index (κ1) is 15.8. The lowest BCUT2D eigenvalue weighted by Gasteiger charge is -2.01. The van der Waals surface area contributed by atoms with Gasteiger partial charge in [-0.2, -0.15) is 5.10 Å². The second-order valence-corrected chi connectivity index (χ2v) is 5.69. The molecule has 2 aromatic rings. The van der Waals surface area contributed by atoms with Gasteiger partial charge in [0.05, 0.1) is 23.3 Å². The fourth-order valence-electron chi connectivity index (χ4n) is 1.73. The van der Waals surface area contributed by atoms with Gasteiger partial charge in [-0.25, -0.2) is 10.4 Å². The van der Waals surface area contributed by atoms with E-state index in [2.05, 4.69) is 20.8 Å². The highest BCUT2D eigenvalue weighted by Gasteiger charge is 2.04. The Bertz CT molecular complexity index is 692. The van der Waals surface area contributed by atoms with E-state index in [1.807, 2.05) is 12.3 Å². The zero-order valence-electron chi connectivity index (χ0n) is 12.3. The smallest absolute Gasteiger partial charge is 0.246 e. The van der Waals surface area contributed by atoms with Gasteiger partial charge in [0.1, 0.15) is 0 Å². The standard InChI is InChI=1S/C15H16N4O2S/c1-10(20)17-13-5-3-12(4-6-13)8-16-19-15(21)7-14-9-22-11(2)18-14/h3-6,8-9H,7H2,1-2H3,(H,17,20)(H,19,21)/b16-8-. The predicted molar refractivity (Wildman–Crippen MR) is 87.0 cm³/mol. The van der Waals surface area contributed by atoms with Crippen molar-refractivity contribution in [2.24, 2.45) is 5.10 Å². The molecule has 2 amide bonds. The monoisotopic (exact) mass is 316 g/mol. The van der Waals surface area contributed by atoms with Crippen LogP contribution in [0, 0.1) is 6.92 Å². The average Bonchev–Trinajstić information content (AvgIpc) is 2.85. The lowest BCUT2D eigenvalue weighted by Crippen LogP contribution is -2.19. The molecule has 0 atom stereocenters. The number of benzene rings is 1. The van der Waals surface area contributed by atoms with Crippen LogP contribution in [0.15, 0.2) is 34.7 Å². The lowest BCUT2D eigenvalue weighted by atomic mass is 10.2. The Morgan fingerprint density at radius 1 is 1.32 bits per heavy atom. The van der Waals surface area contributed by atoms with Gasteiger partial charge in [-0.3, -0.25) is 9.59 Å². The normalized spacial score (nSPS) is 10.6. The fraction of sp³-hybridized carbons (Fsp3) is 0.200. The number of aryl methyl sites for hydroxylation is 1. The first-order valence-electron chi connectivity index (χ1n) is 6.63. The molecule has 0 aliphatic carbocycles. The number of nitrogens with zero attached hydrogens (tertiary/aromatic N) is 2. The van der Waals surface area contributed by atoms with E-state index in [1.54, 1.807) is 30.5 Å². The van der Waals surface area contributed by atoms with Gasteiger partial charge in [0.25, 0.3) is 0 Å². The molecule has 1 aromatic carbocycles. The number of hydrogen-bond donors (Lipinski definition) is 2. The predicted octanol–water partition coefficient (Wildman–Crippen LogP) is 2.10. The van der Waals surface area contributed by atoms with Gasteiger partial charge in [0, 0.05) is 18.0 Å². The Morgan fingerprint density at radius 2 is 2.05 bits per heavy atom. The summed E-state index contributed by atoms with van der Waals surface area (Å²) in [6, 6.07) is 7.13. The van der Waals surface area contributed by atoms with E-state index >= 15 is 0 Å². The average molecular weight is 316 g/mol. The van der Waals surface area contributed by atoms with Crippen LogP contribution in [0.1, 0.15) is 23.2 Å². The molecule has 1 heterocycles. The molecule has 2 rings (SSSR count). The minimum atomic E-state index is -0.212. The lowest BCUT2D eigenvalue weighted by molar-refractivity contribution is -0.120. The maximum Gasteiger partial charge on any atom is 0.246 e. The van der Waals surface area contributed by atoms with Gasteiger partial charge in [0.2, 0.25) is 11.8 Å². The molecule has 2 N–H and O–H groups in total. The molecular weight excluding hydrogens is 300 g/mol. The molecule has 0 aliphatic rings. The third-order valence-electron chi connectivity index (χ3n) is 2.64. The highest BCUT2D eigenvalue weighted by Crippen LogP contribution is 2.09. The van der Waals surface area contributed by atoms with E-state index in [1.165, 1.54) is 18.3 Å². The minimum absolute atomic E-state index is 0.119. The van der Waals surface area contributed by atoms with Crippen molar-refractivity contribution in [1.82, 2.24) is 10.4 Å². The van der Waals surface area contributed by atoms with Crippen molar-refractivity contribution in [3.05, 3.63) is 45.9 Å². The first-order valence-corrected chi connectivity index (χ1v) is 7.51. The van der Waals surface area contributed by atoms with Crippen LogP contribution in [-0.2, 0) is 16.0 Å². The molecule has 0 saturated carbocycles. The van der Waals surface area contributed by atoms with Crippen LogP contribution >= 0.6 is 11.3 Å². The van der Waals surface area contributed by atoms with Crippen molar-refractivity contribution >= 4 is 35.1 Å². The first-order chi connectivity index (χ1) is 10.5. The number of nitrogens with one attached hydrogen (secondary N) is 2. The topological polar surface area (TPSA) is 83.5 Å². The number of rotatable bonds is 5. The molecule has 114 valence electrons. The highest BCUT2D eigenvalue weighted by atomic mass is 32.1. The molecule has 1 aromatic heterocycles. The molecule has 0 unspecified atom stereocenters. The quantitative estimate of drug-likeness (QED) is 0.654. The maximum atomic E-state index is 11.7. The number of hydrazone groups is 1. The minimum Gasteiger partial charge on any atom is -0.326 e. The van der Waals surface area contributed by atoms with Gasteiger partial charge in [0.15, 0.2) is 0 Å². The van der Waals surface area contributed by atoms with E-state index in [0.717, 1.165) is 16.3 Å². The molecule has 22 heavy (non-hydrogen) atoms. The van der Waals surface area contributed by atoms with Crippen LogP contribution < -0.4 is 10.7 Å². The summed E-state index contributed by atoms with van der Waals surface area (Å²) in [7, 11) is 0. The van der Waals surface area contributed by atoms with E-state index in [-0.39, 0.29) is 18.2 Å². The second-order valence-electron chi connectivity index (χ2n) is 4.63. The van der Waals surface area contributed by atoms with Gasteiger partial charge in [-0.15, -0.1) is 11.3 Å². The molecule has 0 spiro atoms. The van der Waals surface area contributed by atoms with Crippen molar-refractivity contribution in [2.45, 2.75) is 20.3 Å². The summed E-state index contributed by atoms with van der Waals surface area (Å²) in [6.07, 6.45) is 1.75. The van der Waals surface area contributed by atoms with Crippen LogP contribution in [0.3, 0.4) is 0 Å². The van der Waals surface area contributed by atoms with Crippen LogP contribution in [-0.4, -0.2) is 23.0 Å². The van der Waals surface area contributed by atoms with E-state index < -0.39 is 0 Å². The summed E-state index contributed by atoms with van der Waals surface area (Å²) >= 11 is 1.51. The molecule has 6 nitrogen and oxygen atoms in total. The van der Waals surface area contributed by atoms with Crippen LogP contribution in [0.4, 0.5) is 5.69 Å². The Morgan fingerprint density at radius 3 is 2.64 bits per heavy atom. The highest BCUT2D eigenvalue weighted by molar-refractivity contribution is 7.09. The molecule has 0 saturated heterocycles. The SMILES string of the molecule is CC(=O)Nc1ccc(/C=N\NC(=O)Cc2csc(C)n2)cc1. The Labute approximate surface area is 132 Å². The number of anilines is 1. The van der Waals surface area contributed by atoms with Gasteiger partial charge < -0.3 is 5.32 Å². The summed E-state index contributed by atoms with van der Waals surface area (Å²) in [5, 5.41) is 9.37. The Hall–Kier alpha value is -2.54. The summed E-state index contributed by atoms with van der Waals surface area (Å²) < 4.78 is 0. The maximum absolute atomic E-state index is 11.7. The molecule has 0 fully saturated rings. The summed E-state index contributed by atoms with van der Waals surface area (Å²) in [5.41, 5.74) is 4.74.